The van der Waals surface area contributed by atoms with Crippen molar-refractivity contribution in [3.63, 3.8) is 0 Å². The first-order chi connectivity index (χ1) is 8.17. The fourth-order valence-electron chi connectivity index (χ4n) is 1.66. The summed E-state index contributed by atoms with van der Waals surface area (Å²) in [6.45, 7) is 5.67. The Labute approximate surface area is 105 Å². The summed E-state index contributed by atoms with van der Waals surface area (Å²) in [6.07, 6.45) is 7.45. The molecule has 0 aliphatic carbocycles. The molecule has 0 saturated carbocycles. The summed E-state index contributed by atoms with van der Waals surface area (Å²) in [5.74, 6) is 0.799. The molecule has 1 N–H and O–H groups in total. The molecule has 0 amide bonds. The minimum Gasteiger partial charge on any atom is -0.354 e. The largest absolute Gasteiger partial charge is 0.354 e. The highest BCUT2D eigenvalue weighted by Crippen LogP contribution is 2.27. The molecule has 0 radical (unpaired) electrons. The molecule has 0 fully saturated rings. The Kier molecular flexibility index (Phi) is 3.56. The molecule has 0 bridgehead atoms. The highest BCUT2D eigenvalue weighted by Gasteiger charge is 2.11. The number of allylic oxidation sites excluding steroid dienone is 2. The van der Waals surface area contributed by atoms with Crippen LogP contribution in [0.15, 0.2) is 24.9 Å². The van der Waals surface area contributed by atoms with Crippen molar-refractivity contribution in [1.82, 2.24) is 14.5 Å². The molecule has 0 spiro atoms. The zero-order valence-corrected chi connectivity index (χ0v) is 11.8. The van der Waals surface area contributed by atoms with Gasteiger partial charge in [0.05, 0.1) is 11.1 Å². The molecule has 2 aromatic rings. The zero-order chi connectivity index (χ0) is 12.4. The predicted molar refractivity (Wildman–Crippen MR) is 79.9 cm³/mol. The maximum Gasteiger partial charge on any atom is 0.140 e. The lowest BCUT2D eigenvalue weighted by molar-refractivity contribution is 1.03. The molecule has 2 aromatic heterocycles. The highest BCUT2D eigenvalue weighted by atomic mass is 31.0. The summed E-state index contributed by atoms with van der Waals surface area (Å²) in [5.41, 5.74) is 2.90. The molecular weight excluding hydrogens is 250 g/mol. The van der Waals surface area contributed by atoms with E-state index in [1.165, 1.54) is 0 Å². The minimum absolute atomic E-state index is 0.799. The molecule has 0 saturated heterocycles. The van der Waals surface area contributed by atoms with E-state index in [4.69, 9.17) is 0 Å². The number of hydrogen-bond acceptors (Lipinski definition) is 3. The van der Waals surface area contributed by atoms with Gasteiger partial charge >= 0.3 is 0 Å². The summed E-state index contributed by atoms with van der Waals surface area (Å²) >= 11 is 0. The van der Waals surface area contributed by atoms with Gasteiger partial charge in [-0.2, -0.15) is 5.10 Å². The number of aryl methyl sites for hydroxylation is 1. The summed E-state index contributed by atoms with van der Waals surface area (Å²) in [5, 5.41) is 8.43. The summed E-state index contributed by atoms with van der Waals surface area (Å²) in [7, 11) is 4.99. The van der Waals surface area contributed by atoms with E-state index in [9.17, 15) is 0 Å². The third-order valence-electron chi connectivity index (χ3n) is 2.49. The molecule has 17 heavy (non-hydrogen) atoms. The Balaban J connectivity index is 2.74. The molecule has 0 aromatic carbocycles. The topological polar surface area (TPSA) is 42.7 Å². The number of rotatable bonds is 3. The minimum atomic E-state index is 0.799. The van der Waals surface area contributed by atoms with Gasteiger partial charge in [-0.1, -0.05) is 18.7 Å². The lowest BCUT2D eigenvalue weighted by atomic mass is 10.1. The smallest absolute Gasteiger partial charge is 0.140 e. The van der Waals surface area contributed by atoms with Gasteiger partial charge in [-0.15, -0.1) is 0 Å². The van der Waals surface area contributed by atoms with Gasteiger partial charge in [0.15, 0.2) is 0 Å². The van der Waals surface area contributed by atoms with E-state index in [1.807, 2.05) is 25.3 Å². The van der Waals surface area contributed by atoms with Crippen LogP contribution in [0.5, 0.6) is 0 Å². The predicted octanol–water partition coefficient (Wildman–Crippen LogP) is 2.78. The van der Waals surface area contributed by atoms with Crippen LogP contribution in [-0.4, -0.2) is 14.5 Å². The maximum atomic E-state index is 4.54. The Morgan fingerprint density at radius 1 is 1.53 bits per heavy atom. The van der Waals surface area contributed by atoms with Crippen LogP contribution in [0.3, 0.4) is 0 Å². The van der Waals surface area contributed by atoms with Gasteiger partial charge in [0, 0.05) is 11.8 Å². The van der Waals surface area contributed by atoms with E-state index in [0.29, 0.717) is 0 Å². The van der Waals surface area contributed by atoms with Crippen molar-refractivity contribution in [2.75, 3.05) is 5.09 Å². The van der Waals surface area contributed by atoms with Crippen molar-refractivity contribution in [3.8, 4) is 0 Å². The van der Waals surface area contributed by atoms with E-state index in [0.717, 1.165) is 28.0 Å². The lowest BCUT2D eigenvalue weighted by Crippen LogP contribution is -1.94. The summed E-state index contributed by atoms with van der Waals surface area (Å²) in [6, 6.07) is 0. The molecule has 4 nitrogen and oxygen atoms in total. The van der Waals surface area contributed by atoms with Crippen molar-refractivity contribution in [2.24, 2.45) is 0 Å². The van der Waals surface area contributed by atoms with Crippen LogP contribution >= 0.6 is 18.8 Å². The zero-order valence-electron chi connectivity index (χ0n) is 9.51. The van der Waals surface area contributed by atoms with E-state index < -0.39 is 0 Å². The molecule has 88 valence electrons. The average Bonchev–Trinajstić information content (AvgIpc) is 2.71. The maximum absolute atomic E-state index is 4.54. The average molecular weight is 264 g/mol. The SMILES string of the molecule is C=C/C=C\c1nc(NP)c2cn(P)nc2c1C. The van der Waals surface area contributed by atoms with E-state index >= 15 is 0 Å². The molecule has 2 unspecified atom stereocenters. The first-order valence-corrected chi connectivity index (χ1v) is 6.17. The molecule has 2 atom stereocenters. The van der Waals surface area contributed by atoms with Crippen molar-refractivity contribution < 1.29 is 0 Å². The lowest BCUT2D eigenvalue weighted by Gasteiger charge is -2.05. The Hall–Kier alpha value is -1.24. The number of pyridine rings is 1. The monoisotopic (exact) mass is 264 g/mol. The van der Waals surface area contributed by atoms with Crippen LogP contribution in [0.25, 0.3) is 17.0 Å². The van der Waals surface area contributed by atoms with E-state index in [-0.39, 0.29) is 0 Å². The van der Waals surface area contributed by atoms with Crippen molar-refractivity contribution >= 4 is 41.6 Å². The van der Waals surface area contributed by atoms with Crippen LogP contribution in [0, 0.1) is 6.92 Å². The van der Waals surface area contributed by atoms with Gasteiger partial charge in [0.1, 0.15) is 11.3 Å². The number of nitrogens with one attached hydrogen (secondary N) is 1. The summed E-state index contributed by atoms with van der Waals surface area (Å²) in [4.78, 5) is 4.54. The first kappa shape index (κ1) is 12.2. The van der Waals surface area contributed by atoms with Gasteiger partial charge in [-0.05, 0) is 31.8 Å². The third kappa shape index (κ3) is 2.24. The normalized spacial score (nSPS) is 11.2. The van der Waals surface area contributed by atoms with Crippen LogP contribution < -0.4 is 5.09 Å². The van der Waals surface area contributed by atoms with Gasteiger partial charge in [-0.25, -0.2) is 4.98 Å². The second kappa shape index (κ2) is 4.95. The second-order valence-corrected chi connectivity index (χ2v) is 4.40. The Morgan fingerprint density at radius 3 is 2.94 bits per heavy atom. The standard InChI is InChI=1S/C11H14N4P2/c1-3-4-5-9-7(2)10-8(6-15(17)13-10)11(12-9)14-16/h3-6H,1,16-17H2,2H3,(H,12,14)/b5-4-. The second-order valence-electron chi connectivity index (χ2n) is 3.58. The van der Waals surface area contributed by atoms with Crippen molar-refractivity contribution in [3.05, 3.63) is 36.2 Å². The Bertz CT molecular complexity index is 601. The van der Waals surface area contributed by atoms with Gasteiger partial charge in [0.2, 0.25) is 0 Å². The number of nitrogens with zero attached hydrogens (tertiary/aromatic N) is 3. The first-order valence-electron chi connectivity index (χ1n) is 5.08. The van der Waals surface area contributed by atoms with Crippen molar-refractivity contribution in [1.29, 1.82) is 0 Å². The molecule has 6 heteroatoms. The number of aromatic nitrogens is 3. The quantitative estimate of drug-likeness (QED) is 0.684. The highest BCUT2D eigenvalue weighted by molar-refractivity contribution is 7.18. The molecule has 2 heterocycles. The van der Waals surface area contributed by atoms with Gasteiger partial charge in [-0.3, -0.25) is 4.45 Å². The fourth-order valence-corrected chi connectivity index (χ4v) is 2.14. The molecule has 0 aliphatic heterocycles. The van der Waals surface area contributed by atoms with Gasteiger partial charge < -0.3 is 5.09 Å². The van der Waals surface area contributed by atoms with Crippen LogP contribution in [0.2, 0.25) is 0 Å². The Morgan fingerprint density at radius 2 is 2.29 bits per heavy atom. The van der Waals surface area contributed by atoms with Crippen LogP contribution in [-0.2, 0) is 0 Å². The molecule has 2 rings (SSSR count). The molecule has 0 aliphatic rings. The fraction of sp³-hybridized carbons (Fsp3) is 0.0909. The number of anilines is 1. The third-order valence-corrected chi connectivity index (χ3v) is 3.02. The number of hydrogen-bond donors (Lipinski definition) is 1. The van der Waals surface area contributed by atoms with Crippen LogP contribution in [0.4, 0.5) is 5.82 Å². The van der Waals surface area contributed by atoms with Gasteiger partial charge in [0.25, 0.3) is 0 Å². The number of fused-ring (bicyclic) bond motifs is 1. The van der Waals surface area contributed by atoms with Crippen LogP contribution in [0.1, 0.15) is 11.3 Å². The van der Waals surface area contributed by atoms with Crippen molar-refractivity contribution in [2.45, 2.75) is 6.92 Å². The molecular formula is C11H14N4P2. The summed E-state index contributed by atoms with van der Waals surface area (Å²) < 4.78 is 1.71. The van der Waals surface area contributed by atoms with E-state index in [2.05, 4.69) is 40.5 Å². The van der Waals surface area contributed by atoms with E-state index in [1.54, 1.807) is 10.5 Å².